The molecule has 5 nitrogen and oxygen atoms in total. The molecule has 1 aliphatic rings. The van der Waals surface area contributed by atoms with Crippen molar-refractivity contribution in [1.82, 2.24) is 4.90 Å². The third-order valence-electron chi connectivity index (χ3n) is 3.47. The number of hydrogen-bond acceptors (Lipinski definition) is 4. The van der Waals surface area contributed by atoms with Crippen LogP contribution in [0.1, 0.15) is 24.9 Å². The van der Waals surface area contributed by atoms with E-state index in [4.69, 9.17) is 15.2 Å². The lowest BCUT2D eigenvalue weighted by Gasteiger charge is -2.27. The molecule has 0 aromatic heterocycles. The van der Waals surface area contributed by atoms with Crippen molar-refractivity contribution in [2.24, 2.45) is 5.73 Å². The number of hydrogen-bond donors (Lipinski definition) is 1. The second-order valence-corrected chi connectivity index (χ2v) is 4.83. The molecule has 0 radical (unpaired) electrons. The van der Waals surface area contributed by atoms with Crippen LogP contribution in [0.15, 0.2) is 24.3 Å². The molecule has 1 aliphatic heterocycles. The molecule has 1 aromatic rings. The van der Waals surface area contributed by atoms with Gasteiger partial charge in [-0.2, -0.15) is 0 Å². The number of benzene rings is 1. The van der Waals surface area contributed by atoms with Gasteiger partial charge in [0, 0.05) is 24.7 Å². The summed E-state index contributed by atoms with van der Waals surface area (Å²) in [7, 11) is 0. The van der Waals surface area contributed by atoms with Gasteiger partial charge in [-0.15, -0.1) is 0 Å². The number of morpholine rings is 1. The van der Waals surface area contributed by atoms with Gasteiger partial charge in [0.25, 0.3) is 5.91 Å². The van der Waals surface area contributed by atoms with Gasteiger partial charge < -0.3 is 20.1 Å². The van der Waals surface area contributed by atoms with Crippen molar-refractivity contribution >= 4 is 5.91 Å². The fourth-order valence-corrected chi connectivity index (χ4v) is 2.18. The Hall–Kier alpha value is -1.59. The van der Waals surface area contributed by atoms with Crippen molar-refractivity contribution in [3.63, 3.8) is 0 Å². The standard InChI is InChI=1S/C15H22N2O3/c1-2-13(16)12-5-3-4-6-14(12)20-11-15(18)17-7-9-19-10-8-17/h3-6,13H,2,7-11,16H2,1H3/t13-/m0/s1. The van der Waals surface area contributed by atoms with E-state index >= 15 is 0 Å². The second kappa shape index (κ2) is 7.26. The van der Waals surface area contributed by atoms with Gasteiger partial charge in [-0.3, -0.25) is 4.79 Å². The largest absolute Gasteiger partial charge is 0.483 e. The van der Waals surface area contributed by atoms with Crippen LogP contribution < -0.4 is 10.5 Å². The van der Waals surface area contributed by atoms with E-state index in [1.54, 1.807) is 4.90 Å². The van der Waals surface area contributed by atoms with E-state index in [0.717, 1.165) is 12.0 Å². The number of rotatable bonds is 5. The first-order valence-electron chi connectivity index (χ1n) is 7.05. The highest BCUT2D eigenvalue weighted by molar-refractivity contribution is 5.77. The Morgan fingerprint density at radius 1 is 1.40 bits per heavy atom. The molecule has 2 rings (SSSR count). The van der Waals surface area contributed by atoms with Crippen molar-refractivity contribution in [2.45, 2.75) is 19.4 Å². The van der Waals surface area contributed by atoms with Gasteiger partial charge in [0.05, 0.1) is 13.2 Å². The highest BCUT2D eigenvalue weighted by Crippen LogP contribution is 2.25. The summed E-state index contributed by atoms with van der Waals surface area (Å²) in [5.41, 5.74) is 7.00. The first kappa shape index (κ1) is 14.8. The Morgan fingerprint density at radius 3 is 2.80 bits per heavy atom. The number of nitrogens with zero attached hydrogens (tertiary/aromatic N) is 1. The fourth-order valence-electron chi connectivity index (χ4n) is 2.18. The van der Waals surface area contributed by atoms with Gasteiger partial charge in [-0.25, -0.2) is 0 Å². The lowest BCUT2D eigenvalue weighted by atomic mass is 10.0. The van der Waals surface area contributed by atoms with E-state index in [1.165, 1.54) is 0 Å². The Kier molecular flexibility index (Phi) is 5.38. The molecule has 5 heteroatoms. The summed E-state index contributed by atoms with van der Waals surface area (Å²) in [6.45, 7) is 4.55. The zero-order valence-electron chi connectivity index (χ0n) is 11.9. The molecule has 20 heavy (non-hydrogen) atoms. The Balaban J connectivity index is 1.94. The maximum atomic E-state index is 12.0. The molecule has 0 unspecified atom stereocenters. The zero-order chi connectivity index (χ0) is 14.4. The number of amides is 1. The van der Waals surface area contributed by atoms with Crippen LogP contribution >= 0.6 is 0 Å². The number of para-hydroxylation sites is 1. The van der Waals surface area contributed by atoms with E-state index in [0.29, 0.717) is 32.1 Å². The fraction of sp³-hybridized carbons (Fsp3) is 0.533. The highest BCUT2D eigenvalue weighted by atomic mass is 16.5. The van der Waals surface area contributed by atoms with E-state index in [1.807, 2.05) is 31.2 Å². The minimum atomic E-state index is -0.0651. The summed E-state index contributed by atoms with van der Waals surface area (Å²) >= 11 is 0. The van der Waals surface area contributed by atoms with Crippen LogP contribution in [0.25, 0.3) is 0 Å². The number of carbonyl (C=O) groups is 1. The summed E-state index contributed by atoms with van der Waals surface area (Å²) in [5.74, 6) is 0.691. The van der Waals surface area contributed by atoms with E-state index in [-0.39, 0.29) is 18.6 Å². The Morgan fingerprint density at radius 2 is 2.10 bits per heavy atom. The lowest BCUT2D eigenvalue weighted by Crippen LogP contribution is -2.43. The molecule has 1 atom stereocenters. The number of ether oxygens (including phenoxy) is 2. The topological polar surface area (TPSA) is 64.8 Å². The maximum absolute atomic E-state index is 12.0. The van der Waals surface area contributed by atoms with Crippen LogP contribution in [-0.4, -0.2) is 43.7 Å². The zero-order valence-corrected chi connectivity index (χ0v) is 11.9. The summed E-state index contributed by atoms with van der Waals surface area (Å²) in [4.78, 5) is 13.8. The third-order valence-corrected chi connectivity index (χ3v) is 3.47. The SMILES string of the molecule is CC[C@H](N)c1ccccc1OCC(=O)N1CCOCC1. The van der Waals surface area contributed by atoms with Crippen LogP contribution in [0.3, 0.4) is 0 Å². The lowest BCUT2D eigenvalue weighted by molar-refractivity contribution is -0.137. The molecule has 1 aromatic carbocycles. The third kappa shape index (κ3) is 3.71. The van der Waals surface area contributed by atoms with Crippen LogP contribution in [0, 0.1) is 0 Å². The van der Waals surface area contributed by atoms with Gasteiger partial charge in [0.1, 0.15) is 5.75 Å². The average Bonchev–Trinajstić information content (AvgIpc) is 2.53. The molecule has 1 amide bonds. The molecular formula is C15H22N2O3. The Bertz CT molecular complexity index is 444. The second-order valence-electron chi connectivity index (χ2n) is 4.83. The van der Waals surface area contributed by atoms with E-state index in [2.05, 4.69) is 0 Å². The highest BCUT2D eigenvalue weighted by Gasteiger charge is 2.18. The first-order chi connectivity index (χ1) is 9.72. The van der Waals surface area contributed by atoms with Crippen molar-refractivity contribution < 1.29 is 14.3 Å². The molecule has 2 N–H and O–H groups in total. The first-order valence-corrected chi connectivity index (χ1v) is 7.05. The summed E-state index contributed by atoms with van der Waals surface area (Å²) in [6.07, 6.45) is 0.831. The predicted molar refractivity (Wildman–Crippen MR) is 76.6 cm³/mol. The minimum absolute atomic E-state index is 0.00632. The van der Waals surface area contributed by atoms with Gasteiger partial charge in [-0.05, 0) is 12.5 Å². The summed E-state index contributed by atoms with van der Waals surface area (Å²) in [6, 6.07) is 7.56. The molecule has 1 saturated heterocycles. The van der Waals surface area contributed by atoms with Gasteiger partial charge in [0.2, 0.25) is 0 Å². The van der Waals surface area contributed by atoms with E-state index in [9.17, 15) is 4.79 Å². The summed E-state index contributed by atoms with van der Waals surface area (Å²) < 4.78 is 10.9. The molecule has 0 aliphatic carbocycles. The van der Waals surface area contributed by atoms with Crippen molar-refractivity contribution in [2.75, 3.05) is 32.9 Å². The van der Waals surface area contributed by atoms with Crippen molar-refractivity contribution in [1.29, 1.82) is 0 Å². The molecule has 0 bridgehead atoms. The smallest absolute Gasteiger partial charge is 0.260 e. The maximum Gasteiger partial charge on any atom is 0.260 e. The predicted octanol–water partition coefficient (Wildman–Crippen LogP) is 1.33. The van der Waals surface area contributed by atoms with Crippen molar-refractivity contribution in [3.05, 3.63) is 29.8 Å². The minimum Gasteiger partial charge on any atom is -0.483 e. The number of nitrogens with two attached hydrogens (primary N) is 1. The summed E-state index contributed by atoms with van der Waals surface area (Å²) in [5, 5.41) is 0. The quantitative estimate of drug-likeness (QED) is 0.882. The van der Waals surface area contributed by atoms with Gasteiger partial charge in [0.15, 0.2) is 6.61 Å². The monoisotopic (exact) mass is 278 g/mol. The van der Waals surface area contributed by atoms with Crippen LogP contribution in [-0.2, 0) is 9.53 Å². The van der Waals surface area contributed by atoms with Crippen molar-refractivity contribution in [3.8, 4) is 5.75 Å². The normalized spacial score (nSPS) is 16.8. The molecule has 110 valence electrons. The van der Waals surface area contributed by atoms with E-state index < -0.39 is 0 Å². The van der Waals surface area contributed by atoms with Gasteiger partial charge >= 0.3 is 0 Å². The van der Waals surface area contributed by atoms with Crippen LogP contribution in [0.4, 0.5) is 0 Å². The van der Waals surface area contributed by atoms with Crippen LogP contribution in [0.2, 0.25) is 0 Å². The average molecular weight is 278 g/mol. The molecular weight excluding hydrogens is 256 g/mol. The molecule has 1 heterocycles. The molecule has 0 spiro atoms. The van der Waals surface area contributed by atoms with Gasteiger partial charge in [-0.1, -0.05) is 25.1 Å². The number of carbonyl (C=O) groups excluding carboxylic acids is 1. The molecule has 0 saturated carbocycles. The Labute approximate surface area is 119 Å². The van der Waals surface area contributed by atoms with Crippen LogP contribution in [0.5, 0.6) is 5.75 Å². The molecule has 1 fully saturated rings.